The average molecular weight is 313 g/mol. The van der Waals surface area contributed by atoms with Crippen molar-refractivity contribution in [3.8, 4) is 0 Å². The SMILES string of the molecule is Fc1ccc(Nc2cnnc(NCc3ccccc3)n2)c(F)c1. The lowest BCUT2D eigenvalue weighted by atomic mass is 10.2. The highest BCUT2D eigenvalue weighted by molar-refractivity contribution is 5.56. The van der Waals surface area contributed by atoms with E-state index in [0.29, 0.717) is 18.3 Å². The fourth-order valence-electron chi connectivity index (χ4n) is 1.94. The van der Waals surface area contributed by atoms with Crippen molar-refractivity contribution in [1.29, 1.82) is 0 Å². The van der Waals surface area contributed by atoms with Crippen LogP contribution >= 0.6 is 0 Å². The summed E-state index contributed by atoms with van der Waals surface area (Å²) in [4.78, 5) is 4.19. The van der Waals surface area contributed by atoms with Crippen molar-refractivity contribution in [2.45, 2.75) is 6.54 Å². The van der Waals surface area contributed by atoms with E-state index in [2.05, 4.69) is 25.8 Å². The quantitative estimate of drug-likeness (QED) is 0.755. The number of benzene rings is 2. The Kier molecular flexibility index (Phi) is 4.37. The maximum atomic E-state index is 13.6. The lowest BCUT2D eigenvalue weighted by Crippen LogP contribution is -2.06. The predicted molar refractivity (Wildman–Crippen MR) is 83.2 cm³/mol. The number of nitrogens with one attached hydrogen (secondary N) is 2. The maximum absolute atomic E-state index is 13.6. The third-order valence-electron chi connectivity index (χ3n) is 3.05. The Hall–Kier alpha value is -3.09. The number of rotatable bonds is 5. The molecule has 3 aromatic rings. The minimum atomic E-state index is -0.706. The van der Waals surface area contributed by atoms with Crippen LogP contribution in [0.2, 0.25) is 0 Å². The molecule has 0 aliphatic rings. The minimum absolute atomic E-state index is 0.112. The van der Waals surface area contributed by atoms with E-state index < -0.39 is 11.6 Å². The summed E-state index contributed by atoms with van der Waals surface area (Å²) in [6.45, 7) is 0.539. The molecule has 1 aromatic heterocycles. The van der Waals surface area contributed by atoms with Crippen molar-refractivity contribution in [3.63, 3.8) is 0 Å². The molecule has 0 saturated carbocycles. The molecule has 0 fully saturated rings. The topological polar surface area (TPSA) is 62.7 Å². The molecule has 0 aliphatic heterocycles. The molecule has 3 rings (SSSR count). The van der Waals surface area contributed by atoms with Gasteiger partial charge in [-0.1, -0.05) is 30.3 Å². The number of halogens is 2. The molecule has 0 bridgehead atoms. The zero-order valence-corrected chi connectivity index (χ0v) is 12.0. The molecule has 0 amide bonds. The Morgan fingerprint density at radius 2 is 1.83 bits per heavy atom. The predicted octanol–water partition coefficient (Wildman–Crippen LogP) is 3.51. The molecule has 1 heterocycles. The van der Waals surface area contributed by atoms with Gasteiger partial charge in [-0.2, -0.15) is 10.1 Å². The van der Waals surface area contributed by atoms with Gasteiger partial charge in [-0.3, -0.25) is 0 Å². The first-order chi connectivity index (χ1) is 11.2. The summed E-state index contributed by atoms with van der Waals surface area (Å²) in [6.07, 6.45) is 1.36. The normalized spacial score (nSPS) is 10.3. The van der Waals surface area contributed by atoms with E-state index in [4.69, 9.17) is 0 Å². The van der Waals surface area contributed by atoms with E-state index in [1.54, 1.807) is 0 Å². The summed E-state index contributed by atoms with van der Waals surface area (Å²) in [5, 5.41) is 13.4. The molecule has 0 aliphatic carbocycles. The van der Waals surface area contributed by atoms with Gasteiger partial charge in [-0.15, -0.1) is 5.10 Å². The highest BCUT2D eigenvalue weighted by Crippen LogP contribution is 2.19. The molecule has 5 nitrogen and oxygen atoms in total. The smallest absolute Gasteiger partial charge is 0.244 e. The van der Waals surface area contributed by atoms with E-state index in [0.717, 1.165) is 17.7 Å². The second-order valence-corrected chi connectivity index (χ2v) is 4.75. The molecule has 0 saturated heterocycles. The molecule has 0 atom stereocenters. The third-order valence-corrected chi connectivity index (χ3v) is 3.05. The second kappa shape index (κ2) is 6.78. The number of aromatic nitrogens is 3. The molecule has 23 heavy (non-hydrogen) atoms. The molecular formula is C16H13F2N5. The highest BCUT2D eigenvalue weighted by Gasteiger charge is 2.06. The van der Waals surface area contributed by atoms with E-state index in [-0.39, 0.29) is 5.69 Å². The van der Waals surface area contributed by atoms with Crippen LogP contribution in [-0.4, -0.2) is 15.2 Å². The van der Waals surface area contributed by atoms with Gasteiger partial charge in [0.15, 0.2) is 5.82 Å². The Bertz CT molecular complexity index is 795. The van der Waals surface area contributed by atoms with Gasteiger partial charge in [0.25, 0.3) is 0 Å². The van der Waals surface area contributed by atoms with Gasteiger partial charge in [0, 0.05) is 12.6 Å². The number of hydrogen-bond donors (Lipinski definition) is 2. The highest BCUT2D eigenvalue weighted by atomic mass is 19.1. The molecule has 2 N–H and O–H groups in total. The van der Waals surface area contributed by atoms with Crippen LogP contribution in [0, 0.1) is 11.6 Å². The van der Waals surface area contributed by atoms with E-state index in [1.807, 2.05) is 30.3 Å². The van der Waals surface area contributed by atoms with Gasteiger partial charge in [0.1, 0.15) is 11.6 Å². The van der Waals surface area contributed by atoms with Crippen molar-refractivity contribution >= 4 is 17.5 Å². The first kappa shape index (κ1) is 14.8. The van der Waals surface area contributed by atoms with Crippen molar-refractivity contribution in [2.24, 2.45) is 0 Å². The third kappa shape index (κ3) is 3.97. The van der Waals surface area contributed by atoms with E-state index in [1.165, 1.54) is 12.3 Å². The van der Waals surface area contributed by atoms with Crippen LogP contribution in [0.25, 0.3) is 0 Å². The van der Waals surface area contributed by atoms with Gasteiger partial charge in [-0.05, 0) is 17.7 Å². The fourth-order valence-corrected chi connectivity index (χ4v) is 1.94. The summed E-state index contributed by atoms with van der Waals surface area (Å²) in [6, 6.07) is 13.0. The summed E-state index contributed by atoms with van der Waals surface area (Å²) in [5.74, 6) is -0.732. The van der Waals surface area contributed by atoms with Gasteiger partial charge >= 0.3 is 0 Å². The van der Waals surface area contributed by atoms with Crippen molar-refractivity contribution < 1.29 is 8.78 Å². The average Bonchev–Trinajstić information content (AvgIpc) is 2.57. The molecule has 0 spiro atoms. The van der Waals surface area contributed by atoms with Crippen LogP contribution in [0.5, 0.6) is 0 Å². The molecule has 0 unspecified atom stereocenters. The van der Waals surface area contributed by atoms with Crippen LogP contribution < -0.4 is 10.6 Å². The first-order valence-electron chi connectivity index (χ1n) is 6.90. The Morgan fingerprint density at radius 3 is 2.61 bits per heavy atom. The summed E-state index contributed by atoms with van der Waals surface area (Å²) < 4.78 is 26.5. The Labute approximate surface area is 131 Å². The monoisotopic (exact) mass is 313 g/mol. The van der Waals surface area contributed by atoms with Gasteiger partial charge in [-0.25, -0.2) is 8.78 Å². The lowest BCUT2D eigenvalue weighted by Gasteiger charge is -2.08. The zero-order valence-electron chi connectivity index (χ0n) is 12.0. The summed E-state index contributed by atoms with van der Waals surface area (Å²) in [7, 11) is 0. The van der Waals surface area contributed by atoms with Crippen LogP contribution in [-0.2, 0) is 6.54 Å². The van der Waals surface area contributed by atoms with Crippen LogP contribution in [0.4, 0.5) is 26.2 Å². The van der Waals surface area contributed by atoms with Gasteiger partial charge < -0.3 is 10.6 Å². The summed E-state index contributed by atoms with van der Waals surface area (Å²) >= 11 is 0. The zero-order chi connectivity index (χ0) is 16.1. The number of hydrogen-bond acceptors (Lipinski definition) is 5. The standard InChI is InChI=1S/C16H13F2N5/c17-12-6-7-14(13(18)8-12)21-15-10-20-23-16(22-15)19-9-11-4-2-1-3-5-11/h1-8,10H,9H2,(H2,19,21,22,23). The maximum Gasteiger partial charge on any atom is 0.244 e. The van der Waals surface area contributed by atoms with Crippen LogP contribution in [0.1, 0.15) is 5.56 Å². The fraction of sp³-hybridized carbons (Fsp3) is 0.0625. The molecule has 7 heteroatoms. The van der Waals surface area contributed by atoms with Crippen molar-refractivity contribution in [2.75, 3.05) is 10.6 Å². The van der Waals surface area contributed by atoms with E-state index >= 15 is 0 Å². The summed E-state index contributed by atoms with van der Waals surface area (Å²) in [5.41, 5.74) is 1.18. The molecular weight excluding hydrogens is 300 g/mol. The largest absolute Gasteiger partial charge is 0.349 e. The first-order valence-corrected chi connectivity index (χ1v) is 6.90. The van der Waals surface area contributed by atoms with Crippen LogP contribution in [0.15, 0.2) is 54.7 Å². The molecule has 0 radical (unpaired) electrons. The number of anilines is 3. The minimum Gasteiger partial charge on any atom is -0.349 e. The molecule has 2 aromatic carbocycles. The second-order valence-electron chi connectivity index (χ2n) is 4.75. The van der Waals surface area contributed by atoms with Crippen molar-refractivity contribution in [1.82, 2.24) is 15.2 Å². The van der Waals surface area contributed by atoms with Crippen molar-refractivity contribution in [3.05, 3.63) is 71.9 Å². The Balaban J connectivity index is 1.69. The van der Waals surface area contributed by atoms with Gasteiger partial charge in [0.05, 0.1) is 11.9 Å². The van der Waals surface area contributed by atoms with Gasteiger partial charge in [0.2, 0.25) is 5.95 Å². The van der Waals surface area contributed by atoms with Crippen LogP contribution in [0.3, 0.4) is 0 Å². The number of nitrogens with zero attached hydrogens (tertiary/aromatic N) is 3. The lowest BCUT2D eigenvalue weighted by molar-refractivity contribution is 0.586. The van der Waals surface area contributed by atoms with E-state index in [9.17, 15) is 8.78 Å². The Morgan fingerprint density at radius 1 is 1.00 bits per heavy atom. The molecule has 116 valence electrons.